The highest BCUT2D eigenvalue weighted by Gasteiger charge is 2.30. The first-order chi connectivity index (χ1) is 15.2. The molecule has 6 nitrogen and oxygen atoms in total. The number of hydrogen-bond donors (Lipinski definition) is 0. The van der Waals surface area contributed by atoms with Gasteiger partial charge < -0.3 is 13.8 Å². The van der Waals surface area contributed by atoms with E-state index in [1.54, 1.807) is 18.2 Å². The Hall–Kier alpha value is -2.61. The number of rotatable bonds is 9. The third-order valence-corrected chi connectivity index (χ3v) is 7.24. The van der Waals surface area contributed by atoms with Gasteiger partial charge in [0.05, 0.1) is 7.11 Å². The Bertz CT molecular complexity index is 1030. The van der Waals surface area contributed by atoms with Crippen LogP contribution in [0.4, 0.5) is 4.39 Å². The Morgan fingerprint density at radius 1 is 1.12 bits per heavy atom. The van der Waals surface area contributed by atoms with Crippen molar-refractivity contribution in [3.05, 3.63) is 53.8 Å². The number of nitrogens with zero attached hydrogens (tertiary/aromatic N) is 1. The van der Waals surface area contributed by atoms with Crippen LogP contribution in [-0.2, 0) is 21.5 Å². The molecule has 1 amide bonds. The first-order valence-electron chi connectivity index (χ1n) is 10.9. The van der Waals surface area contributed by atoms with Gasteiger partial charge in [-0.2, -0.15) is 8.42 Å². The van der Waals surface area contributed by atoms with Gasteiger partial charge in [-0.3, -0.25) is 4.79 Å². The van der Waals surface area contributed by atoms with E-state index >= 15 is 0 Å². The van der Waals surface area contributed by atoms with Crippen molar-refractivity contribution in [3.8, 4) is 11.5 Å². The van der Waals surface area contributed by atoms with Gasteiger partial charge in [0.2, 0.25) is 5.91 Å². The molecule has 2 aromatic carbocycles. The molecule has 8 heteroatoms. The first kappa shape index (κ1) is 24.0. The molecule has 0 spiro atoms. The molecule has 0 N–H and O–H groups in total. The molecule has 2 aromatic rings. The molecule has 0 aromatic heterocycles. The van der Waals surface area contributed by atoms with Gasteiger partial charge in [0, 0.05) is 18.5 Å². The number of benzene rings is 2. The third kappa shape index (κ3) is 5.59. The van der Waals surface area contributed by atoms with Crippen LogP contribution >= 0.6 is 0 Å². The first-order valence-corrected chi connectivity index (χ1v) is 12.3. The molecule has 1 unspecified atom stereocenters. The highest BCUT2D eigenvalue weighted by molar-refractivity contribution is 7.87. The van der Waals surface area contributed by atoms with Gasteiger partial charge in [0.25, 0.3) is 0 Å². The van der Waals surface area contributed by atoms with Crippen molar-refractivity contribution < 1.29 is 26.5 Å². The Kier molecular flexibility index (Phi) is 7.77. The number of halogens is 1. The summed E-state index contributed by atoms with van der Waals surface area (Å²) in [4.78, 5) is 14.9. The molecular weight excluding hydrogens is 433 g/mol. The average molecular weight is 464 g/mol. The highest BCUT2D eigenvalue weighted by atomic mass is 32.2. The van der Waals surface area contributed by atoms with Gasteiger partial charge in [-0.05, 0) is 68.1 Å². The molecular formula is C24H30FNO5S. The number of amides is 1. The second-order valence-corrected chi connectivity index (χ2v) is 9.73. The van der Waals surface area contributed by atoms with E-state index in [1.807, 2.05) is 18.7 Å². The largest absolute Gasteiger partial charge is 0.493 e. The van der Waals surface area contributed by atoms with Gasteiger partial charge in [0.15, 0.2) is 11.5 Å². The minimum Gasteiger partial charge on any atom is -0.493 e. The van der Waals surface area contributed by atoms with Crippen LogP contribution in [0.2, 0.25) is 0 Å². The van der Waals surface area contributed by atoms with E-state index in [-0.39, 0.29) is 34.3 Å². The minimum atomic E-state index is -4.19. The van der Waals surface area contributed by atoms with Crippen molar-refractivity contribution in [2.75, 3.05) is 7.11 Å². The second kappa shape index (κ2) is 10.3. The van der Waals surface area contributed by atoms with Crippen molar-refractivity contribution in [1.29, 1.82) is 0 Å². The SMILES string of the molecule is CCC(C)N(Cc1ccc(OC)c(OS(=O)(=O)c2ccc(F)cc2)c1)C(=O)C1CCCC1. The Morgan fingerprint density at radius 3 is 2.38 bits per heavy atom. The van der Waals surface area contributed by atoms with Crippen LogP contribution in [0.5, 0.6) is 11.5 Å². The van der Waals surface area contributed by atoms with Crippen LogP contribution in [0.3, 0.4) is 0 Å². The molecule has 1 aliphatic carbocycles. The van der Waals surface area contributed by atoms with E-state index < -0.39 is 15.9 Å². The van der Waals surface area contributed by atoms with Crippen LogP contribution in [0.15, 0.2) is 47.4 Å². The summed E-state index contributed by atoms with van der Waals surface area (Å²) in [5.41, 5.74) is 0.738. The summed E-state index contributed by atoms with van der Waals surface area (Å²) in [5.74, 6) is -0.0742. The third-order valence-electron chi connectivity index (χ3n) is 5.99. The second-order valence-electron chi connectivity index (χ2n) is 8.18. The summed E-state index contributed by atoms with van der Waals surface area (Å²) >= 11 is 0. The normalized spacial score (nSPS) is 15.4. The fraction of sp³-hybridized carbons (Fsp3) is 0.458. The fourth-order valence-electron chi connectivity index (χ4n) is 3.93. The lowest BCUT2D eigenvalue weighted by Crippen LogP contribution is -2.40. The molecule has 3 rings (SSSR count). The Balaban J connectivity index is 1.87. The van der Waals surface area contributed by atoms with Crippen molar-refractivity contribution in [1.82, 2.24) is 4.90 Å². The van der Waals surface area contributed by atoms with E-state index in [2.05, 4.69) is 0 Å². The minimum absolute atomic E-state index is 0.0201. The van der Waals surface area contributed by atoms with Crippen molar-refractivity contribution in [3.63, 3.8) is 0 Å². The molecule has 1 aliphatic rings. The van der Waals surface area contributed by atoms with Gasteiger partial charge in [-0.1, -0.05) is 25.8 Å². The van der Waals surface area contributed by atoms with Crippen LogP contribution in [-0.4, -0.2) is 32.4 Å². The highest BCUT2D eigenvalue weighted by Crippen LogP contribution is 2.33. The topological polar surface area (TPSA) is 72.9 Å². The fourth-order valence-corrected chi connectivity index (χ4v) is 4.86. The van der Waals surface area contributed by atoms with Gasteiger partial charge >= 0.3 is 10.1 Å². The zero-order valence-electron chi connectivity index (χ0n) is 18.7. The molecule has 0 aliphatic heterocycles. The number of carbonyl (C=O) groups excluding carboxylic acids is 1. The van der Waals surface area contributed by atoms with Crippen LogP contribution in [0.25, 0.3) is 0 Å². The van der Waals surface area contributed by atoms with Crippen LogP contribution < -0.4 is 8.92 Å². The van der Waals surface area contributed by atoms with E-state index in [1.165, 1.54) is 7.11 Å². The number of ether oxygens (including phenoxy) is 1. The quantitative estimate of drug-likeness (QED) is 0.494. The number of methoxy groups -OCH3 is 1. The lowest BCUT2D eigenvalue weighted by Gasteiger charge is -2.31. The maximum absolute atomic E-state index is 13.2. The molecule has 1 fully saturated rings. The number of carbonyl (C=O) groups is 1. The molecule has 1 atom stereocenters. The summed E-state index contributed by atoms with van der Waals surface area (Å²) < 4.78 is 49.2. The van der Waals surface area contributed by atoms with E-state index in [4.69, 9.17) is 8.92 Å². The monoisotopic (exact) mass is 463 g/mol. The van der Waals surface area contributed by atoms with Crippen molar-refractivity contribution in [2.24, 2.45) is 5.92 Å². The zero-order valence-corrected chi connectivity index (χ0v) is 19.5. The summed E-state index contributed by atoms with van der Waals surface area (Å²) in [6.45, 7) is 4.41. The van der Waals surface area contributed by atoms with Gasteiger partial charge in [-0.25, -0.2) is 4.39 Å². The summed E-state index contributed by atoms with van der Waals surface area (Å²) in [6, 6.07) is 9.46. The summed E-state index contributed by atoms with van der Waals surface area (Å²) in [7, 11) is -2.77. The molecule has 0 heterocycles. The van der Waals surface area contributed by atoms with E-state index in [0.29, 0.717) is 6.54 Å². The van der Waals surface area contributed by atoms with Crippen LogP contribution in [0.1, 0.15) is 51.5 Å². The Morgan fingerprint density at radius 2 is 1.78 bits per heavy atom. The molecule has 32 heavy (non-hydrogen) atoms. The number of hydrogen-bond acceptors (Lipinski definition) is 5. The smallest absolute Gasteiger partial charge is 0.339 e. The van der Waals surface area contributed by atoms with E-state index in [9.17, 15) is 17.6 Å². The Labute approximate surface area is 189 Å². The van der Waals surface area contributed by atoms with Crippen molar-refractivity contribution >= 4 is 16.0 Å². The predicted molar refractivity (Wildman–Crippen MR) is 119 cm³/mol. The van der Waals surface area contributed by atoms with Crippen molar-refractivity contribution in [2.45, 2.75) is 63.4 Å². The lowest BCUT2D eigenvalue weighted by atomic mass is 10.0. The molecule has 1 saturated carbocycles. The van der Waals surface area contributed by atoms with Gasteiger partial charge in [-0.15, -0.1) is 0 Å². The standard InChI is InChI=1S/C24H30FNO5S/c1-4-17(2)26(24(27)19-7-5-6-8-19)16-18-9-14-22(30-3)23(15-18)31-32(28,29)21-12-10-20(25)11-13-21/h9-15,17,19H,4-8,16H2,1-3H3. The summed E-state index contributed by atoms with van der Waals surface area (Å²) in [6.07, 6.45) is 4.80. The molecule has 0 bridgehead atoms. The van der Waals surface area contributed by atoms with Crippen LogP contribution in [0, 0.1) is 11.7 Å². The summed E-state index contributed by atoms with van der Waals surface area (Å²) in [5, 5.41) is 0. The average Bonchev–Trinajstić information content (AvgIpc) is 3.32. The lowest BCUT2D eigenvalue weighted by molar-refractivity contribution is -0.138. The molecule has 0 radical (unpaired) electrons. The maximum Gasteiger partial charge on any atom is 0.339 e. The molecule has 0 saturated heterocycles. The van der Waals surface area contributed by atoms with Gasteiger partial charge in [0.1, 0.15) is 10.7 Å². The van der Waals surface area contributed by atoms with E-state index in [0.717, 1.165) is 61.9 Å². The molecule has 174 valence electrons. The maximum atomic E-state index is 13.2. The predicted octanol–water partition coefficient (Wildman–Crippen LogP) is 4.92. The zero-order chi connectivity index (χ0) is 23.3.